The smallest absolute Gasteiger partial charge is 0.0135 e. The van der Waals surface area contributed by atoms with Crippen molar-refractivity contribution in [2.24, 2.45) is 0 Å². The molecule has 18 heavy (non-hydrogen) atoms. The van der Waals surface area contributed by atoms with Crippen LogP contribution in [0.3, 0.4) is 0 Å². The van der Waals surface area contributed by atoms with E-state index in [9.17, 15) is 0 Å². The SMILES string of the molecule is CCC(Cc1c[n-]c2ccc(I)cc12)[N-]C.[Re].[Re]. The van der Waals surface area contributed by atoms with E-state index in [2.05, 4.69) is 58.0 Å². The number of halogens is 1. The fraction of sp³-hybridized carbons (Fsp3) is 0.385. The van der Waals surface area contributed by atoms with Crippen LogP contribution in [0.1, 0.15) is 18.9 Å². The molecule has 0 saturated carbocycles. The Morgan fingerprint density at radius 1 is 1.33 bits per heavy atom. The zero-order chi connectivity index (χ0) is 11.5. The molecular formula is C13H15IN2Re2-2. The van der Waals surface area contributed by atoms with Gasteiger partial charge in [-0.1, -0.05) is 31.0 Å². The summed E-state index contributed by atoms with van der Waals surface area (Å²) in [5.41, 5.74) is 2.42. The molecule has 0 aliphatic rings. The minimum absolute atomic E-state index is 0. The van der Waals surface area contributed by atoms with Crippen molar-refractivity contribution in [2.75, 3.05) is 7.05 Å². The molecule has 2 radical (unpaired) electrons. The molecule has 2 aromatic rings. The van der Waals surface area contributed by atoms with Crippen molar-refractivity contribution in [2.45, 2.75) is 25.8 Å². The average molecular weight is 699 g/mol. The molecule has 0 aliphatic carbocycles. The molecule has 0 spiro atoms. The first-order valence-electron chi connectivity index (χ1n) is 5.53. The van der Waals surface area contributed by atoms with Crippen LogP contribution in [-0.4, -0.2) is 13.1 Å². The third-order valence-electron chi connectivity index (χ3n) is 2.96. The van der Waals surface area contributed by atoms with Gasteiger partial charge in [-0.15, -0.1) is 11.6 Å². The van der Waals surface area contributed by atoms with Crippen LogP contribution in [0.4, 0.5) is 0 Å². The van der Waals surface area contributed by atoms with E-state index in [0.717, 1.165) is 18.4 Å². The summed E-state index contributed by atoms with van der Waals surface area (Å²) in [5, 5.41) is 5.67. The van der Waals surface area contributed by atoms with E-state index in [1.165, 1.54) is 14.5 Å². The third-order valence-corrected chi connectivity index (χ3v) is 3.63. The van der Waals surface area contributed by atoms with Gasteiger partial charge in [-0.25, -0.2) is 0 Å². The van der Waals surface area contributed by atoms with Crippen molar-refractivity contribution in [3.8, 4) is 0 Å². The Morgan fingerprint density at radius 3 is 2.67 bits per heavy atom. The maximum absolute atomic E-state index is 4.44. The summed E-state index contributed by atoms with van der Waals surface area (Å²) in [6.07, 6.45) is 4.09. The van der Waals surface area contributed by atoms with Gasteiger partial charge in [0.25, 0.3) is 0 Å². The molecule has 0 saturated heterocycles. The van der Waals surface area contributed by atoms with Crippen molar-refractivity contribution >= 4 is 33.5 Å². The maximum Gasteiger partial charge on any atom is 0.0135 e. The summed E-state index contributed by atoms with van der Waals surface area (Å²) in [6.45, 7) is 2.18. The van der Waals surface area contributed by atoms with Crippen LogP contribution in [-0.2, 0) is 47.3 Å². The molecule has 1 unspecified atom stereocenters. The van der Waals surface area contributed by atoms with Crippen molar-refractivity contribution in [3.63, 3.8) is 0 Å². The number of hydrogen-bond acceptors (Lipinski definition) is 0. The molecule has 5 heteroatoms. The number of hydrogen-bond donors (Lipinski definition) is 0. The van der Waals surface area contributed by atoms with E-state index < -0.39 is 0 Å². The molecular weight excluding hydrogens is 683 g/mol. The Labute approximate surface area is 150 Å². The predicted molar refractivity (Wildman–Crippen MR) is 77.1 cm³/mol. The van der Waals surface area contributed by atoms with Gasteiger partial charge in [0.2, 0.25) is 0 Å². The van der Waals surface area contributed by atoms with Gasteiger partial charge in [-0.2, -0.15) is 13.2 Å². The molecule has 0 amide bonds. The second kappa shape index (κ2) is 8.85. The summed E-state index contributed by atoms with van der Waals surface area (Å²) >= 11 is 2.34. The van der Waals surface area contributed by atoms with Gasteiger partial charge >= 0.3 is 0 Å². The van der Waals surface area contributed by atoms with Crippen molar-refractivity contribution < 1.29 is 40.8 Å². The number of rotatable bonds is 4. The van der Waals surface area contributed by atoms with Crippen LogP contribution in [0, 0.1) is 3.57 Å². The molecule has 0 N–H and O–H groups in total. The van der Waals surface area contributed by atoms with Crippen LogP contribution < -0.4 is 4.98 Å². The van der Waals surface area contributed by atoms with E-state index >= 15 is 0 Å². The second-order valence-electron chi connectivity index (χ2n) is 3.97. The van der Waals surface area contributed by atoms with Gasteiger partial charge in [0, 0.05) is 44.4 Å². The van der Waals surface area contributed by atoms with E-state index in [-0.39, 0.29) is 40.8 Å². The fourth-order valence-corrected chi connectivity index (χ4v) is 2.42. The largest absolute Gasteiger partial charge is 0.663 e. The van der Waals surface area contributed by atoms with E-state index in [0.29, 0.717) is 6.04 Å². The van der Waals surface area contributed by atoms with Gasteiger partial charge in [-0.05, 0) is 40.5 Å². The number of benzene rings is 1. The van der Waals surface area contributed by atoms with Crippen molar-refractivity contribution in [3.05, 3.63) is 38.8 Å². The van der Waals surface area contributed by atoms with Crippen LogP contribution in [0.5, 0.6) is 0 Å². The summed E-state index contributed by atoms with van der Waals surface area (Å²) in [7, 11) is 1.90. The second-order valence-corrected chi connectivity index (χ2v) is 5.21. The summed E-state index contributed by atoms with van der Waals surface area (Å²) in [6, 6.07) is 6.82. The topological polar surface area (TPSA) is 28.2 Å². The number of nitrogens with zero attached hydrogens (tertiary/aromatic N) is 2. The first-order chi connectivity index (χ1) is 7.74. The first kappa shape index (κ1) is 18.8. The number of likely N-dealkylation sites (N-methyl/N-ethyl adjacent to an activating group) is 1. The predicted octanol–water partition coefficient (Wildman–Crippen LogP) is 3.72. The van der Waals surface area contributed by atoms with Gasteiger partial charge in [0.15, 0.2) is 0 Å². The Bertz CT molecular complexity index is 481. The molecule has 1 aromatic carbocycles. The fourth-order valence-electron chi connectivity index (χ4n) is 1.93. The zero-order valence-corrected chi connectivity index (χ0v) is 17.9. The van der Waals surface area contributed by atoms with E-state index in [1.807, 2.05) is 13.2 Å². The molecule has 100 valence electrons. The average Bonchev–Trinajstić information content (AvgIpc) is 2.68. The third kappa shape index (κ3) is 4.41. The van der Waals surface area contributed by atoms with Gasteiger partial charge < -0.3 is 10.3 Å². The van der Waals surface area contributed by atoms with Crippen LogP contribution in [0.2, 0.25) is 0 Å². The zero-order valence-electron chi connectivity index (χ0n) is 10.3. The Hall–Kier alpha value is 0.775. The van der Waals surface area contributed by atoms with Gasteiger partial charge in [0.1, 0.15) is 0 Å². The Morgan fingerprint density at radius 2 is 2.06 bits per heavy atom. The van der Waals surface area contributed by atoms with E-state index in [1.54, 1.807) is 0 Å². The monoisotopic (exact) mass is 700 g/mol. The molecule has 1 aromatic heterocycles. The van der Waals surface area contributed by atoms with Crippen molar-refractivity contribution in [1.82, 2.24) is 4.98 Å². The normalized spacial score (nSPS) is 11.7. The minimum Gasteiger partial charge on any atom is -0.663 e. The summed E-state index contributed by atoms with van der Waals surface area (Å²) < 4.78 is 1.26. The Balaban J connectivity index is 0.00000144. The molecule has 1 heterocycles. The van der Waals surface area contributed by atoms with Crippen LogP contribution in [0.25, 0.3) is 16.2 Å². The number of fused-ring (bicyclic) bond motifs is 1. The molecule has 2 rings (SSSR count). The molecule has 1 atom stereocenters. The maximum atomic E-state index is 4.44. The van der Waals surface area contributed by atoms with Gasteiger partial charge in [-0.3, -0.25) is 0 Å². The molecule has 0 fully saturated rings. The molecule has 0 bridgehead atoms. The summed E-state index contributed by atoms with van der Waals surface area (Å²) in [5.74, 6) is 0. The molecule has 2 nitrogen and oxygen atoms in total. The summed E-state index contributed by atoms with van der Waals surface area (Å²) in [4.78, 5) is 4.44. The van der Waals surface area contributed by atoms with Crippen LogP contribution in [0.15, 0.2) is 24.4 Å². The van der Waals surface area contributed by atoms with Crippen LogP contribution >= 0.6 is 22.6 Å². The molecule has 0 aliphatic heterocycles. The first-order valence-corrected chi connectivity index (χ1v) is 6.61. The standard InChI is InChI=1S/C13H15IN2.2Re/c1-3-11(15-2)6-9-8-16-13-5-4-10(14)7-12(9)13;;/h4-5,7-8,11H,3,6H2,1-2H3;;/q-2;;. The van der Waals surface area contributed by atoms with Gasteiger partial charge in [0.05, 0.1) is 0 Å². The van der Waals surface area contributed by atoms with E-state index in [4.69, 9.17) is 0 Å². The Kier molecular flexibility index (Phi) is 9.23. The number of aromatic nitrogens is 1. The quantitative estimate of drug-likeness (QED) is 0.448. The van der Waals surface area contributed by atoms with Crippen molar-refractivity contribution in [1.29, 1.82) is 0 Å². The minimum atomic E-state index is 0.